The number of halogens is 2. The van der Waals surface area contributed by atoms with Crippen LogP contribution in [0.2, 0.25) is 0 Å². The number of rotatable bonds is 2. The molecule has 1 amide bonds. The SMILES string of the molecule is Cn1nc2c(c1-c1cc(F)cc(F)c1)C[C@@H]1CCC[C@H]2N1C(=O)c1cc(N)c2ncccc2c1. The van der Waals surface area contributed by atoms with Gasteiger partial charge in [0.2, 0.25) is 0 Å². The summed E-state index contributed by atoms with van der Waals surface area (Å²) in [5, 5.41) is 5.57. The number of amides is 1. The molecule has 0 radical (unpaired) electrons. The Labute approximate surface area is 195 Å². The first-order chi connectivity index (χ1) is 16.4. The molecule has 1 fully saturated rings. The van der Waals surface area contributed by atoms with Gasteiger partial charge in [-0.05, 0) is 56.0 Å². The lowest BCUT2D eigenvalue weighted by Crippen LogP contribution is -2.49. The van der Waals surface area contributed by atoms with Gasteiger partial charge in [0.05, 0.1) is 28.6 Å². The van der Waals surface area contributed by atoms with Crippen molar-refractivity contribution >= 4 is 22.5 Å². The van der Waals surface area contributed by atoms with Crippen molar-refractivity contribution in [2.45, 2.75) is 37.8 Å². The topological polar surface area (TPSA) is 77.0 Å². The molecule has 0 spiro atoms. The van der Waals surface area contributed by atoms with Crippen LogP contribution in [0.15, 0.2) is 48.7 Å². The van der Waals surface area contributed by atoms with Gasteiger partial charge in [0.1, 0.15) is 11.6 Å². The summed E-state index contributed by atoms with van der Waals surface area (Å²) in [4.78, 5) is 20.0. The highest BCUT2D eigenvalue weighted by Gasteiger charge is 2.43. The van der Waals surface area contributed by atoms with E-state index in [-0.39, 0.29) is 18.0 Å². The molecular weight excluding hydrogens is 436 g/mol. The summed E-state index contributed by atoms with van der Waals surface area (Å²) >= 11 is 0. The Morgan fingerprint density at radius 3 is 2.71 bits per heavy atom. The third kappa shape index (κ3) is 3.16. The fourth-order valence-corrected chi connectivity index (χ4v) is 5.69. The highest BCUT2D eigenvalue weighted by Crippen LogP contribution is 2.45. The summed E-state index contributed by atoms with van der Waals surface area (Å²) in [6.45, 7) is 0. The van der Waals surface area contributed by atoms with Gasteiger partial charge >= 0.3 is 0 Å². The van der Waals surface area contributed by atoms with E-state index in [4.69, 9.17) is 10.8 Å². The molecule has 0 saturated carbocycles. The van der Waals surface area contributed by atoms with Crippen LogP contribution in [0.3, 0.4) is 0 Å². The van der Waals surface area contributed by atoms with E-state index in [1.807, 2.05) is 23.1 Å². The molecule has 4 heterocycles. The van der Waals surface area contributed by atoms with E-state index in [0.717, 1.165) is 42.0 Å². The van der Waals surface area contributed by atoms with Crippen LogP contribution in [0, 0.1) is 11.6 Å². The van der Waals surface area contributed by atoms with Gasteiger partial charge in [0.15, 0.2) is 0 Å². The second-order valence-electron chi connectivity index (χ2n) is 9.15. The van der Waals surface area contributed by atoms with Crippen molar-refractivity contribution < 1.29 is 13.6 Å². The number of nitrogen functional groups attached to an aromatic ring is 1. The van der Waals surface area contributed by atoms with Gasteiger partial charge in [-0.3, -0.25) is 14.5 Å². The molecule has 2 aromatic heterocycles. The molecule has 8 heteroatoms. The molecule has 2 N–H and O–H groups in total. The fraction of sp³-hybridized carbons (Fsp3) is 0.269. The third-order valence-corrected chi connectivity index (χ3v) is 7.03. The van der Waals surface area contributed by atoms with E-state index in [1.54, 1.807) is 24.0 Å². The monoisotopic (exact) mass is 459 g/mol. The number of carbonyl (C=O) groups excluding carboxylic acids is 1. The summed E-state index contributed by atoms with van der Waals surface area (Å²) in [7, 11) is 1.78. The molecule has 2 aliphatic rings. The minimum Gasteiger partial charge on any atom is -0.397 e. The Hall–Kier alpha value is -3.81. The fourth-order valence-electron chi connectivity index (χ4n) is 5.69. The van der Waals surface area contributed by atoms with Gasteiger partial charge in [0, 0.05) is 47.4 Å². The minimum atomic E-state index is -0.624. The molecule has 2 aromatic carbocycles. The second kappa shape index (κ2) is 7.62. The second-order valence-corrected chi connectivity index (χ2v) is 9.15. The Bertz CT molecular complexity index is 1440. The number of hydrogen-bond donors (Lipinski definition) is 1. The molecule has 4 aromatic rings. The van der Waals surface area contributed by atoms with Crippen molar-refractivity contribution in [2.75, 3.05) is 5.73 Å². The Kier molecular flexibility index (Phi) is 4.65. The molecule has 0 unspecified atom stereocenters. The van der Waals surface area contributed by atoms with Crippen LogP contribution in [0.1, 0.15) is 46.9 Å². The molecule has 2 bridgehead atoms. The number of carbonyl (C=O) groups is 1. The van der Waals surface area contributed by atoms with E-state index in [2.05, 4.69) is 4.98 Å². The Balaban J connectivity index is 1.44. The average Bonchev–Trinajstić information content (AvgIpc) is 3.13. The van der Waals surface area contributed by atoms with E-state index >= 15 is 0 Å². The van der Waals surface area contributed by atoms with Gasteiger partial charge in [-0.15, -0.1) is 0 Å². The molecule has 34 heavy (non-hydrogen) atoms. The molecule has 6 rings (SSSR count). The van der Waals surface area contributed by atoms with Gasteiger partial charge in [-0.1, -0.05) is 6.07 Å². The van der Waals surface area contributed by atoms with Gasteiger partial charge in [0.25, 0.3) is 5.91 Å². The van der Waals surface area contributed by atoms with Crippen molar-refractivity contribution in [3.8, 4) is 11.3 Å². The zero-order chi connectivity index (χ0) is 23.6. The molecule has 172 valence electrons. The van der Waals surface area contributed by atoms with Gasteiger partial charge in [-0.25, -0.2) is 8.78 Å². The first kappa shape index (κ1) is 20.8. The number of aryl methyl sites for hydroxylation is 1. The van der Waals surface area contributed by atoms with E-state index < -0.39 is 11.6 Å². The molecule has 6 nitrogen and oxygen atoms in total. The lowest BCUT2D eigenvalue weighted by Gasteiger charge is -2.45. The zero-order valence-electron chi connectivity index (χ0n) is 18.6. The summed E-state index contributed by atoms with van der Waals surface area (Å²) in [5.74, 6) is -1.33. The summed E-state index contributed by atoms with van der Waals surface area (Å²) in [6, 6.07) is 10.6. The van der Waals surface area contributed by atoms with Crippen molar-refractivity contribution in [2.24, 2.45) is 7.05 Å². The van der Waals surface area contributed by atoms with E-state index in [9.17, 15) is 13.6 Å². The standard InChI is InChI=1S/C26H23F2N5O/c1-32-25(15-9-17(27)12-18(28)10-15)20-13-19-5-2-6-22(24(20)31-32)33(19)26(34)16-8-14-4-3-7-30-23(14)21(29)11-16/h3-4,7-12,19,22H,2,5-6,13,29H2,1H3/t19-,22+/m0/s1. The largest absolute Gasteiger partial charge is 0.397 e. The maximum atomic E-state index is 14.0. The average molecular weight is 460 g/mol. The summed E-state index contributed by atoms with van der Waals surface area (Å²) in [6.07, 6.45) is 4.90. The maximum Gasteiger partial charge on any atom is 0.254 e. The molecular formula is C26H23F2N5O. The number of nitrogens with zero attached hydrogens (tertiary/aromatic N) is 4. The van der Waals surface area contributed by atoms with Crippen LogP contribution in [-0.4, -0.2) is 31.6 Å². The van der Waals surface area contributed by atoms with Crippen molar-refractivity contribution in [1.29, 1.82) is 0 Å². The molecule has 1 saturated heterocycles. The predicted molar refractivity (Wildman–Crippen MR) is 125 cm³/mol. The Morgan fingerprint density at radius 2 is 1.91 bits per heavy atom. The zero-order valence-corrected chi connectivity index (χ0v) is 18.6. The van der Waals surface area contributed by atoms with E-state index in [1.165, 1.54) is 12.1 Å². The quantitative estimate of drug-likeness (QED) is 0.438. The van der Waals surface area contributed by atoms with Gasteiger partial charge in [-0.2, -0.15) is 5.10 Å². The van der Waals surface area contributed by atoms with E-state index in [0.29, 0.717) is 34.4 Å². The van der Waals surface area contributed by atoms with Crippen molar-refractivity contribution in [3.05, 3.63) is 77.1 Å². The number of anilines is 1. The number of fused-ring (bicyclic) bond motifs is 5. The van der Waals surface area contributed by atoms with Crippen molar-refractivity contribution in [3.63, 3.8) is 0 Å². The first-order valence-corrected chi connectivity index (χ1v) is 11.4. The molecule has 0 aliphatic carbocycles. The number of benzene rings is 2. The molecule has 2 aliphatic heterocycles. The summed E-state index contributed by atoms with van der Waals surface area (Å²) < 4.78 is 29.6. The third-order valence-electron chi connectivity index (χ3n) is 7.03. The number of aromatic nitrogens is 3. The smallest absolute Gasteiger partial charge is 0.254 e. The number of nitrogens with two attached hydrogens (primary N) is 1. The predicted octanol–water partition coefficient (Wildman–Crippen LogP) is 4.79. The van der Waals surface area contributed by atoms with Crippen LogP contribution in [-0.2, 0) is 13.5 Å². The first-order valence-electron chi connectivity index (χ1n) is 11.4. The highest BCUT2D eigenvalue weighted by atomic mass is 19.1. The molecule has 2 atom stereocenters. The summed E-state index contributed by atoms with van der Waals surface area (Å²) in [5.41, 5.74) is 10.8. The number of pyridine rings is 1. The lowest BCUT2D eigenvalue weighted by molar-refractivity contribution is 0.0392. The highest BCUT2D eigenvalue weighted by molar-refractivity contribution is 6.02. The number of piperidine rings is 1. The van der Waals surface area contributed by atoms with Gasteiger partial charge < -0.3 is 10.6 Å². The minimum absolute atomic E-state index is 0.0223. The normalized spacial score (nSPS) is 19.3. The van der Waals surface area contributed by atoms with Crippen LogP contribution in [0.25, 0.3) is 22.2 Å². The Morgan fingerprint density at radius 1 is 1.12 bits per heavy atom. The number of hydrogen-bond acceptors (Lipinski definition) is 4. The maximum absolute atomic E-state index is 14.0. The van der Waals surface area contributed by atoms with Crippen LogP contribution in [0.5, 0.6) is 0 Å². The van der Waals surface area contributed by atoms with Crippen molar-refractivity contribution in [1.82, 2.24) is 19.7 Å². The lowest BCUT2D eigenvalue weighted by atomic mass is 9.81. The van der Waals surface area contributed by atoms with Crippen LogP contribution < -0.4 is 5.73 Å². The van der Waals surface area contributed by atoms with Crippen LogP contribution in [0.4, 0.5) is 14.5 Å². The van der Waals surface area contributed by atoms with Crippen LogP contribution >= 0.6 is 0 Å².